The minimum atomic E-state index is -0.245. The van der Waals surface area contributed by atoms with Crippen molar-refractivity contribution in [2.45, 2.75) is 19.8 Å². The van der Waals surface area contributed by atoms with E-state index in [0.717, 1.165) is 12.8 Å². The maximum atomic E-state index is 12.2. The van der Waals surface area contributed by atoms with Crippen molar-refractivity contribution in [3.63, 3.8) is 0 Å². The number of nitrogens with one attached hydrogen (secondary N) is 1. The second-order valence-electron chi connectivity index (χ2n) is 4.53. The van der Waals surface area contributed by atoms with E-state index in [1.165, 1.54) is 0 Å². The number of aromatic nitrogens is 1. The number of halogens is 1. The summed E-state index contributed by atoms with van der Waals surface area (Å²) in [4.78, 5) is 16.1. The van der Waals surface area contributed by atoms with Crippen molar-refractivity contribution in [2.75, 3.05) is 11.9 Å². The van der Waals surface area contributed by atoms with Gasteiger partial charge in [0.25, 0.3) is 5.91 Å². The maximum Gasteiger partial charge on any atom is 0.255 e. The van der Waals surface area contributed by atoms with Crippen LogP contribution in [0.25, 0.3) is 0 Å². The zero-order valence-corrected chi connectivity index (χ0v) is 12.6. The fourth-order valence-electron chi connectivity index (χ4n) is 1.74. The molecular weight excluding hydrogens is 288 g/mol. The summed E-state index contributed by atoms with van der Waals surface area (Å²) in [6.07, 6.45) is 3.63. The van der Waals surface area contributed by atoms with Gasteiger partial charge in [-0.1, -0.05) is 31.0 Å². The number of nitrogens with zero attached hydrogens (tertiary/aromatic N) is 1. The predicted octanol–water partition coefficient (Wildman–Crippen LogP) is 4.17. The molecule has 5 heteroatoms. The Hall–Kier alpha value is -2.07. The van der Waals surface area contributed by atoms with Crippen LogP contribution in [0.5, 0.6) is 5.75 Å². The van der Waals surface area contributed by atoms with E-state index in [1.54, 1.807) is 36.5 Å². The summed E-state index contributed by atoms with van der Waals surface area (Å²) < 4.78 is 5.59. The number of rotatable bonds is 6. The van der Waals surface area contributed by atoms with Crippen LogP contribution in [0.4, 0.5) is 5.69 Å². The molecule has 110 valence electrons. The van der Waals surface area contributed by atoms with Crippen molar-refractivity contribution in [3.05, 3.63) is 53.3 Å². The van der Waals surface area contributed by atoms with Crippen LogP contribution in [-0.4, -0.2) is 17.5 Å². The average Bonchev–Trinajstić information content (AvgIpc) is 2.50. The Labute approximate surface area is 129 Å². The number of hydrogen-bond donors (Lipinski definition) is 1. The van der Waals surface area contributed by atoms with Crippen molar-refractivity contribution in [1.29, 1.82) is 0 Å². The largest absolute Gasteiger partial charge is 0.494 e. The highest BCUT2D eigenvalue weighted by Gasteiger charge is 2.09. The quantitative estimate of drug-likeness (QED) is 0.644. The molecule has 0 atom stereocenters. The third kappa shape index (κ3) is 4.46. The molecule has 2 rings (SSSR count). The van der Waals surface area contributed by atoms with E-state index < -0.39 is 0 Å². The highest BCUT2D eigenvalue weighted by Crippen LogP contribution is 2.20. The number of benzene rings is 1. The molecule has 1 N–H and O–H groups in total. The molecule has 21 heavy (non-hydrogen) atoms. The fraction of sp³-hybridized carbons (Fsp3) is 0.250. The van der Waals surface area contributed by atoms with Gasteiger partial charge in [0.15, 0.2) is 5.15 Å². The minimum absolute atomic E-state index is 0.245. The zero-order chi connectivity index (χ0) is 15.1. The van der Waals surface area contributed by atoms with Crippen LogP contribution >= 0.6 is 11.6 Å². The van der Waals surface area contributed by atoms with Gasteiger partial charge in [0.2, 0.25) is 0 Å². The lowest BCUT2D eigenvalue weighted by molar-refractivity contribution is 0.102. The standard InChI is InChI=1S/C16H17ClN2O2/c1-2-3-10-21-13-7-4-6-12(11-13)16(20)19-14-8-5-9-18-15(14)17/h4-9,11H,2-3,10H2,1H3,(H,19,20). The number of carbonyl (C=O) groups excluding carboxylic acids is 1. The van der Waals surface area contributed by atoms with Gasteiger partial charge in [0, 0.05) is 11.8 Å². The number of unbranched alkanes of at least 4 members (excludes halogenated alkanes) is 1. The molecule has 0 aliphatic carbocycles. The molecule has 0 spiro atoms. The number of amides is 1. The molecule has 1 amide bonds. The Morgan fingerprint density at radius 1 is 1.33 bits per heavy atom. The molecule has 0 aliphatic rings. The number of ether oxygens (including phenoxy) is 1. The smallest absolute Gasteiger partial charge is 0.255 e. The van der Waals surface area contributed by atoms with Crippen LogP contribution < -0.4 is 10.1 Å². The molecule has 1 aromatic carbocycles. The van der Waals surface area contributed by atoms with Crippen LogP contribution in [-0.2, 0) is 0 Å². The molecule has 1 aromatic heterocycles. The Balaban J connectivity index is 2.05. The van der Waals surface area contributed by atoms with Crippen LogP contribution in [0.1, 0.15) is 30.1 Å². The highest BCUT2D eigenvalue weighted by molar-refractivity contribution is 6.32. The van der Waals surface area contributed by atoms with E-state index in [-0.39, 0.29) is 11.1 Å². The molecule has 4 nitrogen and oxygen atoms in total. The van der Waals surface area contributed by atoms with Gasteiger partial charge in [-0.15, -0.1) is 0 Å². The van der Waals surface area contributed by atoms with Gasteiger partial charge in [-0.3, -0.25) is 4.79 Å². The van der Waals surface area contributed by atoms with Gasteiger partial charge >= 0.3 is 0 Å². The molecule has 1 heterocycles. The maximum absolute atomic E-state index is 12.2. The normalized spacial score (nSPS) is 10.2. The summed E-state index contributed by atoms with van der Waals surface area (Å²) in [5, 5.41) is 3.00. The lowest BCUT2D eigenvalue weighted by Crippen LogP contribution is -2.12. The molecule has 0 radical (unpaired) electrons. The van der Waals surface area contributed by atoms with E-state index in [1.807, 2.05) is 6.07 Å². The lowest BCUT2D eigenvalue weighted by Gasteiger charge is -2.09. The van der Waals surface area contributed by atoms with Crippen molar-refractivity contribution < 1.29 is 9.53 Å². The van der Waals surface area contributed by atoms with E-state index >= 15 is 0 Å². The average molecular weight is 305 g/mol. The molecule has 0 aliphatic heterocycles. The predicted molar refractivity (Wildman–Crippen MR) is 84.0 cm³/mol. The number of hydrogen-bond acceptors (Lipinski definition) is 3. The molecule has 0 fully saturated rings. The zero-order valence-electron chi connectivity index (χ0n) is 11.8. The first-order chi connectivity index (χ1) is 10.2. The molecule has 0 saturated carbocycles. The van der Waals surface area contributed by atoms with Gasteiger partial charge in [-0.05, 0) is 36.8 Å². The summed E-state index contributed by atoms with van der Waals surface area (Å²) in [6.45, 7) is 2.75. The minimum Gasteiger partial charge on any atom is -0.494 e. The summed E-state index contributed by atoms with van der Waals surface area (Å²) in [5.41, 5.74) is 1.00. The van der Waals surface area contributed by atoms with Crippen molar-refractivity contribution in [2.24, 2.45) is 0 Å². The second kappa shape index (κ2) is 7.64. The Morgan fingerprint density at radius 3 is 2.95 bits per heavy atom. The Bertz CT molecular complexity index is 617. The van der Waals surface area contributed by atoms with Gasteiger partial charge in [-0.25, -0.2) is 4.98 Å². The molecule has 0 saturated heterocycles. The van der Waals surface area contributed by atoms with Crippen LogP contribution in [0.3, 0.4) is 0 Å². The number of carbonyl (C=O) groups is 1. The first-order valence-corrected chi connectivity index (χ1v) is 7.23. The summed E-state index contributed by atoms with van der Waals surface area (Å²) in [5.74, 6) is 0.444. The van der Waals surface area contributed by atoms with Crippen LogP contribution in [0.15, 0.2) is 42.6 Å². The summed E-state index contributed by atoms with van der Waals surface area (Å²) >= 11 is 5.92. The monoisotopic (exact) mass is 304 g/mol. The van der Waals surface area contributed by atoms with Crippen molar-refractivity contribution in [1.82, 2.24) is 4.98 Å². The number of anilines is 1. The summed E-state index contributed by atoms with van der Waals surface area (Å²) in [7, 11) is 0. The SMILES string of the molecule is CCCCOc1cccc(C(=O)Nc2cccnc2Cl)c1. The molecule has 2 aromatic rings. The fourth-order valence-corrected chi connectivity index (χ4v) is 1.90. The third-order valence-electron chi connectivity index (χ3n) is 2.87. The molecule has 0 bridgehead atoms. The van der Waals surface area contributed by atoms with E-state index in [2.05, 4.69) is 17.2 Å². The topological polar surface area (TPSA) is 51.2 Å². The van der Waals surface area contributed by atoms with Crippen molar-refractivity contribution >= 4 is 23.2 Å². The summed E-state index contributed by atoms with van der Waals surface area (Å²) in [6, 6.07) is 10.5. The van der Waals surface area contributed by atoms with E-state index in [4.69, 9.17) is 16.3 Å². The van der Waals surface area contributed by atoms with Gasteiger partial charge in [-0.2, -0.15) is 0 Å². The first-order valence-electron chi connectivity index (χ1n) is 6.85. The Morgan fingerprint density at radius 2 is 2.19 bits per heavy atom. The lowest BCUT2D eigenvalue weighted by atomic mass is 10.2. The van der Waals surface area contributed by atoms with Gasteiger partial charge < -0.3 is 10.1 Å². The highest BCUT2D eigenvalue weighted by atomic mass is 35.5. The van der Waals surface area contributed by atoms with Gasteiger partial charge in [0.1, 0.15) is 5.75 Å². The number of pyridine rings is 1. The van der Waals surface area contributed by atoms with E-state index in [0.29, 0.717) is 23.6 Å². The second-order valence-corrected chi connectivity index (χ2v) is 4.88. The van der Waals surface area contributed by atoms with Crippen molar-refractivity contribution in [3.8, 4) is 5.75 Å². The van der Waals surface area contributed by atoms with Crippen LogP contribution in [0.2, 0.25) is 5.15 Å². The van der Waals surface area contributed by atoms with E-state index in [9.17, 15) is 4.79 Å². The van der Waals surface area contributed by atoms with Crippen LogP contribution in [0, 0.1) is 0 Å². The van der Waals surface area contributed by atoms with Gasteiger partial charge in [0.05, 0.1) is 12.3 Å². The Kier molecular flexibility index (Phi) is 5.58. The molecular formula is C16H17ClN2O2. The first kappa shape index (κ1) is 15.3. The molecule has 0 unspecified atom stereocenters. The third-order valence-corrected chi connectivity index (χ3v) is 3.17.